The molecule has 0 heterocycles. The van der Waals surface area contributed by atoms with Gasteiger partial charge in [0.05, 0.1) is 0 Å². The zero-order chi connectivity index (χ0) is 27.1. The zero-order valence-corrected chi connectivity index (χ0v) is 24.1. The highest BCUT2D eigenvalue weighted by atomic mass is 16.5. The highest BCUT2D eigenvalue weighted by molar-refractivity contribution is 5.84. The van der Waals surface area contributed by atoms with Crippen LogP contribution in [0.15, 0.2) is 72.8 Å². The highest BCUT2D eigenvalue weighted by Crippen LogP contribution is 2.51. The van der Waals surface area contributed by atoms with Crippen LogP contribution < -0.4 is 4.74 Å². The first-order chi connectivity index (χ1) is 19.3. The molecule has 1 atom stereocenters. The third kappa shape index (κ3) is 8.56. The largest absolute Gasteiger partial charge is 0.426 e. The fourth-order valence-electron chi connectivity index (χ4n) is 6.12. The lowest BCUT2D eigenvalue weighted by molar-refractivity contribution is -0.134. The molecule has 0 N–H and O–H groups in total. The molecule has 2 nitrogen and oxygen atoms in total. The smallest absolute Gasteiger partial charge is 0.311 e. The normalized spacial score (nSPS) is 13.7. The second kappa shape index (κ2) is 16.3. The van der Waals surface area contributed by atoms with E-state index < -0.39 is 0 Å². The molecule has 0 amide bonds. The van der Waals surface area contributed by atoms with Gasteiger partial charge in [-0.25, -0.2) is 0 Å². The summed E-state index contributed by atoms with van der Waals surface area (Å²) in [6.45, 7) is 2.28. The van der Waals surface area contributed by atoms with E-state index in [1.54, 1.807) is 0 Å². The molecule has 39 heavy (non-hydrogen) atoms. The number of esters is 1. The average molecular weight is 525 g/mol. The van der Waals surface area contributed by atoms with Crippen molar-refractivity contribution in [1.82, 2.24) is 0 Å². The van der Waals surface area contributed by atoms with Crippen molar-refractivity contribution in [3.63, 3.8) is 0 Å². The molecule has 1 aliphatic carbocycles. The minimum atomic E-state index is -0.110. The standard InChI is InChI=1S/C37H48O2/c1-2-3-4-5-6-7-8-9-10-11-12-13-14-15-19-29-35(38)39-34-28-22-27-33-31-25-20-21-26-32(31)36(37(33)34)30-23-17-16-18-24-30/h16-18,20-28,36H,2-15,19,29H2,1H3. The number of hydrogen-bond donors (Lipinski definition) is 0. The summed E-state index contributed by atoms with van der Waals surface area (Å²) in [6.07, 6.45) is 20.4. The van der Waals surface area contributed by atoms with Gasteiger partial charge in [-0.15, -0.1) is 0 Å². The van der Waals surface area contributed by atoms with Crippen molar-refractivity contribution in [3.8, 4) is 16.9 Å². The van der Waals surface area contributed by atoms with Crippen LogP contribution in [0.3, 0.4) is 0 Å². The Labute approximate surface area is 237 Å². The number of rotatable bonds is 18. The van der Waals surface area contributed by atoms with Gasteiger partial charge in [-0.05, 0) is 34.7 Å². The number of ether oxygens (including phenoxy) is 1. The second-order valence-electron chi connectivity index (χ2n) is 11.3. The highest BCUT2D eigenvalue weighted by Gasteiger charge is 2.33. The van der Waals surface area contributed by atoms with Gasteiger partial charge in [-0.3, -0.25) is 4.79 Å². The minimum absolute atomic E-state index is 0.0900. The first-order valence-electron chi connectivity index (χ1n) is 15.8. The van der Waals surface area contributed by atoms with Gasteiger partial charge in [0.1, 0.15) is 5.75 Å². The molecular weight excluding hydrogens is 476 g/mol. The summed E-state index contributed by atoms with van der Waals surface area (Å²) >= 11 is 0. The number of unbranched alkanes of at least 4 members (excludes halogenated alkanes) is 14. The summed E-state index contributed by atoms with van der Waals surface area (Å²) in [6, 6.07) is 25.3. The first-order valence-corrected chi connectivity index (χ1v) is 15.8. The number of carbonyl (C=O) groups excluding carboxylic acids is 1. The van der Waals surface area contributed by atoms with E-state index in [0.717, 1.165) is 18.4 Å². The van der Waals surface area contributed by atoms with Crippen molar-refractivity contribution >= 4 is 5.97 Å². The van der Waals surface area contributed by atoms with Gasteiger partial charge in [-0.1, -0.05) is 164 Å². The molecule has 2 heteroatoms. The van der Waals surface area contributed by atoms with E-state index in [-0.39, 0.29) is 11.9 Å². The van der Waals surface area contributed by atoms with E-state index in [1.165, 1.54) is 106 Å². The Morgan fingerprint density at radius 1 is 0.590 bits per heavy atom. The fourth-order valence-corrected chi connectivity index (χ4v) is 6.12. The molecule has 0 fully saturated rings. The van der Waals surface area contributed by atoms with Crippen LogP contribution in [0, 0.1) is 0 Å². The van der Waals surface area contributed by atoms with Crippen molar-refractivity contribution < 1.29 is 9.53 Å². The minimum Gasteiger partial charge on any atom is -0.426 e. The maximum atomic E-state index is 12.8. The Morgan fingerprint density at radius 2 is 1.13 bits per heavy atom. The predicted octanol–water partition coefficient (Wildman–Crippen LogP) is 11.0. The molecule has 0 saturated carbocycles. The van der Waals surface area contributed by atoms with E-state index >= 15 is 0 Å². The quantitative estimate of drug-likeness (QED) is 0.0735. The Morgan fingerprint density at radius 3 is 1.77 bits per heavy atom. The maximum absolute atomic E-state index is 12.8. The van der Waals surface area contributed by atoms with Gasteiger partial charge in [0.2, 0.25) is 0 Å². The van der Waals surface area contributed by atoms with Crippen LogP contribution in [-0.4, -0.2) is 5.97 Å². The van der Waals surface area contributed by atoms with Gasteiger partial charge >= 0.3 is 5.97 Å². The van der Waals surface area contributed by atoms with E-state index in [9.17, 15) is 4.79 Å². The molecule has 0 spiro atoms. The molecule has 0 aromatic heterocycles. The zero-order valence-electron chi connectivity index (χ0n) is 24.1. The third-order valence-corrected chi connectivity index (χ3v) is 8.26. The molecule has 0 bridgehead atoms. The summed E-state index contributed by atoms with van der Waals surface area (Å²) in [5, 5.41) is 0. The van der Waals surface area contributed by atoms with Crippen molar-refractivity contribution in [2.24, 2.45) is 0 Å². The van der Waals surface area contributed by atoms with Crippen LogP contribution in [0.25, 0.3) is 11.1 Å². The molecule has 0 saturated heterocycles. The van der Waals surface area contributed by atoms with Gasteiger partial charge < -0.3 is 4.74 Å². The summed E-state index contributed by atoms with van der Waals surface area (Å²) in [4.78, 5) is 12.8. The van der Waals surface area contributed by atoms with Gasteiger partial charge in [0.25, 0.3) is 0 Å². The van der Waals surface area contributed by atoms with E-state index in [2.05, 4.69) is 67.6 Å². The Bertz CT molecular complexity index is 1130. The summed E-state index contributed by atoms with van der Waals surface area (Å²) < 4.78 is 6.02. The Kier molecular flexibility index (Phi) is 12.2. The molecule has 0 aliphatic heterocycles. The van der Waals surface area contributed by atoms with Crippen LogP contribution in [-0.2, 0) is 4.79 Å². The molecular formula is C37H48O2. The number of carbonyl (C=O) groups is 1. The van der Waals surface area contributed by atoms with Gasteiger partial charge in [0, 0.05) is 17.9 Å². The van der Waals surface area contributed by atoms with E-state index in [1.807, 2.05) is 12.1 Å². The fraction of sp³-hybridized carbons (Fsp3) is 0.486. The Balaban J connectivity index is 1.16. The lowest BCUT2D eigenvalue weighted by atomic mass is 9.89. The van der Waals surface area contributed by atoms with Crippen molar-refractivity contribution in [2.75, 3.05) is 0 Å². The van der Waals surface area contributed by atoms with E-state index in [0.29, 0.717) is 12.2 Å². The van der Waals surface area contributed by atoms with Gasteiger partial charge in [0.15, 0.2) is 0 Å². The molecule has 0 radical (unpaired) electrons. The average Bonchev–Trinajstić information content (AvgIpc) is 3.31. The monoisotopic (exact) mass is 524 g/mol. The van der Waals surface area contributed by atoms with Crippen molar-refractivity contribution in [2.45, 2.75) is 116 Å². The third-order valence-electron chi connectivity index (χ3n) is 8.26. The van der Waals surface area contributed by atoms with Crippen LogP contribution in [0.1, 0.15) is 132 Å². The van der Waals surface area contributed by atoms with Crippen molar-refractivity contribution in [3.05, 3.63) is 89.5 Å². The first kappa shape index (κ1) is 29.1. The predicted molar refractivity (Wildman–Crippen MR) is 164 cm³/mol. The van der Waals surface area contributed by atoms with Crippen LogP contribution >= 0.6 is 0 Å². The Hall–Kier alpha value is -2.87. The lowest BCUT2D eigenvalue weighted by Gasteiger charge is -2.17. The molecule has 4 rings (SSSR count). The molecule has 208 valence electrons. The number of fused-ring (bicyclic) bond motifs is 3. The van der Waals surface area contributed by atoms with Crippen molar-refractivity contribution in [1.29, 1.82) is 0 Å². The van der Waals surface area contributed by atoms with Crippen LogP contribution in [0.4, 0.5) is 0 Å². The molecule has 1 unspecified atom stereocenters. The maximum Gasteiger partial charge on any atom is 0.311 e. The van der Waals surface area contributed by atoms with E-state index in [4.69, 9.17) is 4.74 Å². The molecule has 1 aliphatic rings. The number of hydrogen-bond acceptors (Lipinski definition) is 2. The van der Waals surface area contributed by atoms with Crippen LogP contribution in [0.5, 0.6) is 5.75 Å². The second-order valence-corrected chi connectivity index (χ2v) is 11.3. The van der Waals surface area contributed by atoms with Gasteiger partial charge in [-0.2, -0.15) is 0 Å². The topological polar surface area (TPSA) is 26.3 Å². The van der Waals surface area contributed by atoms with Crippen LogP contribution in [0.2, 0.25) is 0 Å². The molecule has 3 aromatic carbocycles. The lowest BCUT2D eigenvalue weighted by Crippen LogP contribution is -2.10. The summed E-state index contributed by atoms with van der Waals surface area (Å²) in [5.74, 6) is 0.691. The molecule has 3 aromatic rings. The SMILES string of the molecule is CCCCCCCCCCCCCCCCCC(=O)Oc1cccc2c1C(c1ccccc1)c1ccccc1-2. The summed E-state index contributed by atoms with van der Waals surface area (Å²) in [7, 11) is 0. The summed E-state index contributed by atoms with van der Waals surface area (Å²) in [5.41, 5.74) is 6.05. The number of benzene rings is 3.